The van der Waals surface area contributed by atoms with Crippen LogP contribution in [0.4, 0.5) is 17.6 Å². The number of benzene rings is 6. The second kappa shape index (κ2) is 14.3. The zero-order chi connectivity index (χ0) is 33.9. The quantitative estimate of drug-likeness (QED) is 0.112. The van der Waals surface area contributed by atoms with Gasteiger partial charge in [0.15, 0.2) is 16.3 Å². The minimum atomic E-state index is -1.71. The van der Waals surface area contributed by atoms with Gasteiger partial charge in [0, 0.05) is 32.3 Å². The summed E-state index contributed by atoms with van der Waals surface area (Å²) in [5, 5.41) is 2.33. The van der Waals surface area contributed by atoms with Gasteiger partial charge in [-0.2, -0.15) is 0 Å². The Balaban J connectivity index is 1.54. The number of rotatable bonds is 9. The smallest absolute Gasteiger partial charge is 0.151 e. The average Bonchev–Trinajstić information content (AvgIpc) is 3.03. The van der Waals surface area contributed by atoms with Crippen molar-refractivity contribution in [2.24, 2.45) is 0 Å². The first kappa shape index (κ1) is 33.4. The van der Waals surface area contributed by atoms with E-state index in [1.165, 1.54) is 48.5 Å². The van der Waals surface area contributed by atoms with Gasteiger partial charge >= 0.3 is 0 Å². The molecule has 6 aromatic rings. The maximum Gasteiger partial charge on any atom is 0.151 e. The van der Waals surface area contributed by atoms with Crippen molar-refractivity contribution in [3.8, 4) is 22.6 Å². The molecule has 0 fully saturated rings. The molecule has 0 aliphatic rings. The summed E-state index contributed by atoms with van der Waals surface area (Å²) < 4.78 is 72.0. The molecule has 0 aliphatic heterocycles. The summed E-state index contributed by atoms with van der Waals surface area (Å²) in [4.78, 5) is 0. The van der Waals surface area contributed by atoms with Gasteiger partial charge in [-0.25, -0.2) is 17.6 Å². The van der Waals surface area contributed by atoms with E-state index >= 15 is 0 Å². The third-order valence-electron chi connectivity index (χ3n) is 7.66. The number of hydrogen-bond donors (Lipinski definition) is 0. The first-order valence-electron chi connectivity index (χ1n) is 15.3. The van der Waals surface area contributed by atoms with Crippen molar-refractivity contribution in [1.82, 2.24) is 0 Å². The molecule has 0 radical (unpaired) electrons. The lowest BCUT2D eigenvalue weighted by Gasteiger charge is -2.26. The Labute approximate surface area is 280 Å². The van der Waals surface area contributed by atoms with Crippen LogP contribution in [0.5, 0.6) is 11.5 Å². The fourth-order valence-electron chi connectivity index (χ4n) is 5.65. The summed E-state index contributed by atoms with van der Waals surface area (Å²) >= 11 is 0. The van der Waals surface area contributed by atoms with E-state index < -0.39 is 39.6 Å². The zero-order valence-corrected chi connectivity index (χ0v) is 28.6. The Morgan fingerprint density at radius 3 is 0.958 bits per heavy atom. The molecule has 0 heterocycles. The highest BCUT2D eigenvalue weighted by Crippen LogP contribution is 2.49. The first-order valence-corrected chi connectivity index (χ1v) is 17.8. The van der Waals surface area contributed by atoms with Crippen molar-refractivity contribution in [2.45, 2.75) is 27.7 Å². The standard InChI is InChI=1S/C40H32F4O2P2/c1-25-17-27(3)39(45-47(33-13-5-9-29(41)21-33)34-14-6-10-30(42)22-34)37(19-25)38-20-26(2)18-28(4)40(38)46-48(35-15-7-11-31(43)23-35)36-16-8-12-32(44)24-36/h5-24H,1-4H3. The molecule has 0 atom stereocenters. The van der Waals surface area contributed by atoms with Gasteiger partial charge in [0.05, 0.1) is 0 Å². The van der Waals surface area contributed by atoms with E-state index in [1.54, 1.807) is 48.5 Å². The summed E-state index contributed by atoms with van der Waals surface area (Å²) in [6.07, 6.45) is 0. The van der Waals surface area contributed by atoms with Gasteiger partial charge in [-0.15, -0.1) is 0 Å². The molecule has 0 aliphatic carbocycles. The van der Waals surface area contributed by atoms with Crippen molar-refractivity contribution in [3.63, 3.8) is 0 Å². The lowest BCUT2D eigenvalue weighted by Crippen LogP contribution is -2.18. The van der Waals surface area contributed by atoms with Gasteiger partial charge in [-0.1, -0.05) is 60.7 Å². The third kappa shape index (κ3) is 7.46. The molecular weight excluding hydrogens is 650 g/mol. The lowest BCUT2D eigenvalue weighted by atomic mass is 9.95. The minimum Gasteiger partial charge on any atom is -0.464 e. The maximum absolute atomic E-state index is 14.5. The topological polar surface area (TPSA) is 18.5 Å². The van der Waals surface area contributed by atoms with Crippen molar-refractivity contribution in [2.75, 3.05) is 0 Å². The molecule has 6 rings (SSSR count). The van der Waals surface area contributed by atoms with Crippen LogP contribution in [-0.4, -0.2) is 0 Å². The van der Waals surface area contributed by atoms with Crippen LogP contribution in [0.3, 0.4) is 0 Å². The Hall–Kier alpha value is -4.50. The van der Waals surface area contributed by atoms with Crippen molar-refractivity contribution >= 4 is 37.5 Å². The number of hydrogen-bond acceptors (Lipinski definition) is 2. The first-order chi connectivity index (χ1) is 23.0. The second-order valence-electron chi connectivity index (χ2n) is 11.6. The Bertz CT molecular complexity index is 1880. The maximum atomic E-state index is 14.5. The zero-order valence-electron chi connectivity index (χ0n) is 26.8. The van der Waals surface area contributed by atoms with E-state index in [9.17, 15) is 17.6 Å². The molecule has 2 nitrogen and oxygen atoms in total. The monoisotopic (exact) mass is 682 g/mol. The van der Waals surface area contributed by atoms with E-state index in [4.69, 9.17) is 9.05 Å². The van der Waals surface area contributed by atoms with E-state index in [-0.39, 0.29) is 0 Å². The highest BCUT2D eigenvalue weighted by molar-refractivity contribution is 7.69. The predicted molar refractivity (Wildman–Crippen MR) is 190 cm³/mol. The average molecular weight is 683 g/mol. The van der Waals surface area contributed by atoms with Crippen molar-refractivity contribution in [1.29, 1.82) is 0 Å². The molecule has 0 spiro atoms. The van der Waals surface area contributed by atoms with Crippen LogP contribution in [0, 0.1) is 51.0 Å². The van der Waals surface area contributed by atoms with Gasteiger partial charge in [0.25, 0.3) is 0 Å². The van der Waals surface area contributed by atoms with Gasteiger partial charge in [-0.05, 0) is 111 Å². The second-order valence-corrected chi connectivity index (χ2v) is 15.2. The van der Waals surface area contributed by atoms with Crippen LogP contribution in [0.15, 0.2) is 121 Å². The van der Waals surface area contributed by atoms with Crippen LogP contribution < -0.4 is 30.3 Å². The summed E-state index contributed by atoms with van der Waals surface area (Å²) in [6.45, 7) is 7.84. The highest BCUT2D eigenvalue weighted by atomic mass is 31.1. The molecule has 0 unspecified atom stereocenters. The highest BCUT2D eigenvalue weighted by Gasteiger charge is 2.26. The van der Waals surface area contributed by atoms with Crippen LogP contribution in [0.25, 0.3) is 11.1 Å². The Kier molecular flexibility index (Phi) is 9.96. The SMILES string of the molecule is Cc1cc(C)c(OP(c2cccc(F)c2)c2cccc(F)c2)c(-c2cc(C)cc(C)c2OP(c2cccc(F)c2)c2cccc(F)c2)c1. The van der Waals surface area contributed by atoms with E-state index in [0.717, 1.165) is 33.4 Å². The van der Waals surface area contributed by atoms with Crippen LogP contribution >= 0.6 is 16.3 Å². The minimum absolute atomic E-state index is 0.422. The summed E-state index contributed by atoms with van der Waals surface area (Å²) in [5.74, 6) is -0.613. The normalized spacial score (nSPS) is 11.3. The molecule has 0 amide bonds. The summed E-state index contributed by atoms with van der Waals surface area (Å²) in [5.41, 5.74) is 5.05. The molecule has 48 heavy (non-hydrogen) atoms. The fourth-order valence-corrected chi connectivity index (χ4v) is 9.37. The number of halogens is 4. The van der Waals surface area contributed by atoms with Crippen LogP contribution in [0.2, 0.25) is 0 Å². The molecule has 242 valence electrons. The molecule has 0 aromatic heterocycles. The van der Waals surface area contributed by atoms with Gasteiger partial charge in [-0.3, -0.25) is 0 Å². The van der Waals surface area contributed by atoms with Gasteiger partial charge < -0.3 is 9.05 Å². The van der Waals surface area contributed by atoms with Crippen molar-refractivity contribution < 1.29 is 26.6 Å². The van der Waals surface area contributed by atoms with Crippen molar-refractivity contribution in [3.05, 3.63) is 167 Å². The Morgan fingerprint density at radius 1 is 0.396 bits per heavy atom. The van der Waals surface area contributed by atoms with Crippen LogP contribution in [0.1, 0.15) is 22.3 Å². The predicted octanol–water partition coefficient (Wildman–Crippen LogP) is 10.00. The molecular formula is C40H32F4O2P2. The van der Waals surface area contributed by atoms with E-state index in [2.05, 4.69) is 0 Å². The molecule has 0 N–H and O–H groups in total. The molecule has 0 bridgehead atoms. The molecule has 0 saturated heterocycles. The third-order valence-corrected chi connectivity index (χ3v) is 11.4. The van der Waals surface area contributed by atoms with Gasteiger partial charge in [0.2, 0.25) is 0 Å². The largest absolute Gasteiger partial charge is 0.464 e. The van der Waals surface area contributed by atoms with E-state index in [1.807, 2.05) is 52.0 Å². The molecule has 6 aromatic carbocycles. The summed E-state index contributed by atoms with van der Waals surface area (Å²) in [7, 11) is -3.43. The summed E-state index contributed by atoms with van der Waals surface area (Å²) in [6, 6.07) is 32.7. The fraction of sp³-hybridized carbons (Fsp3) is 0.100. The van der Waals surface area contributed by atoms with Crippen LogP contribution in [-0.2, 0) is 0 Å². The van der Waals surface area contributed by atoms with Gasteiger partial charge in [0.1, 0.15) is 34.8 Å². The molecule has 0 saturated carbocycles. The molecule has 8 heteroatoms. The van der Waals surface area contributed by atoms with E-state index in [0.29, 0.717) is 32.7 Å². The number of aryl methyl sites for hydroxylation is 4. The lowest BCUT2D eigenvalue weighted by molar-refractivity contribution is 0.611. The Morgan fingerprint density at radius 2 is 0.688 bits per heavy atom.